The molecule has 104 valence electrons. The zero-order valence-corrected chi connectivity index (χ0v) is 11.0. The van der Waals surface area contributed by atoms with E-state index in [1.807, 2.05) is 0 Å². The SMILES string of the molecule is NCC1CCCCC1CNc1ccc(C(N)=O)nn1. The van der Waals surface area contributed by atoms with Crippen molar-refractivity contribution in [3.05, 3.63) is 17.8 Å². The zero-order chi connectivity index (χ0) is 13.7. The number of primary amides is 1. The van der Waals surface area contributed by atoms with E-state index in [0.29, 0.717) is 17.7 Å². The Labute approximate surface area is 113 Å². The highest BCUT2D eigenvalue weighted by atomic mass is 16.1. The average Bonchev–Trinajstić information content (AvgIpc) is 2.45. The highest BCUT2D eigenvalue weighted by Gasteiger charge is 2.23. The Morgan fingerprint density at radius 3 is 2.58 bits per heavy atom. The van der Waals surface area contributed by atoms with Crippen LogP contribution >= 0.6 is 0 Å². The molecule has 5 N–H and O–H groups in total. The number of carbonyl (C=O) groups is 1. The second-order valence-corrected chi connectivity index (χ2v) is 5.09. The van der Waals surface area contributed by atoms with Crippen molar-refractivity contribution in [2.24, 2.45) is 23.3 Å². The van der Waals surface area contributed by atoms with Crippen LogP contribution in [-0.4, -0.2) is 29.2 Å². The molecule has 1 aliphatic carbocycles. The molecule has 1 aromatic rings. The first-order chi connectivity index (χ1) is 9.20. The van der Waals surface area contributed by atoms with Gasteiger partial charge >= 0.3 is 0 Å². The van der Waals surface area contributed by atoms with E-state index in [1.165, 1.54) is 25.7 Å². The van der Waals surface area contributed by atoms with Crippen LogP contribution < -0.4 is 16.8 Å². The summed E-state index contributed by atoms with van der Waals surface area (Å²) >= 11 is 0. The molecular formula is C13H21N5O. The largest absolute Gasteiger partial charge is 0.368 e. The van der Waals surface area contributed by atoms with Crippen LogP contribution in [0.15, 0.2) is 12.1 Å². The maximum Gasteiger partial charge on any atom is 0.269 e. The van der Waals surface area contributed by atoms with Gasteiger partial charge in [-0.1, -0.05) is 12.8 Å². The lowest BCUT2D eigenvalue weighted by molar-refractivity contribution is 0.0994. The number of nitrogens with one attached hydrogen (secondary N) is 1. The summed E-state index contributed by atoms with van der Waals surface area (Å²) in [5, 5.41) is 11.0. The second kappa shape index (κ2) is 6.47. The lowest BCUT2D eigenvalue weighted by Gasteiger charge is -2.30. The minimum atomic E-state index is -0.561. The molecule has 1 saturated carbocycles. The number of amides is 1. The molecule has 0 radical (unpaired) electrons. The molecule has 6 heteroatoms. The molecule has 1 heterocycles. The zero-order valence-electron chi connectivity index (χ0n) is 11.0. The van der Waals surface area contributed by atoms with Crippen LogP contribution in [0.25, 0.3) is 0 Å². The third kappa shape index (κ3) is 3.64. The molecule has 19 heavy (non-hydrogen) atoms. The molecule has 2 rings (SSSR count). The van der Waals surface area contributed by atoms with Gasteiger partial charge in [-0.3, -0.25) is 4.79 Å². The fraction of sp³-hybridized carbons (Fsp3) is 0.615. The summed E-state index contributed by atoms with van der Waals surface area (Å²) in [6.45, 7) is 1.60. The predicted octanol–water partition coefficient (Wildman–Crippen LogP) is 0.753. The van der Waals surface area contributed by atoms with E-state index in [0.717, 1.165) is 13.1 Å². The molecule has 1 amide bonds. The highest BCUT2D eigenvalue weighted by molar-refractivity contribution is 5.90. The number of nitrogens with two attached hydrogens (primary N) is 2. The van der Waals surface area contributed by atoms with E-state index in [4.69, 9.17) is 11.5 Å². The Bertz CT molecular complexity index is 420. The number of carbonyl (C=O) groups excluding carboxylic acids is 1. The first-order valence-corrected chi connectivity index (χ1v) is 6.78. The van der Waals surface area contributed by atoms with Crippen molar-refractivity contribution < 1.29 is 4.79 Å². The molecule has 0 spiro atoms. The maximum atomic E-state index is 10.9. The number of nitrogens with zero attached hydrogens (tertiary/aromatic N) is 2. The van der Waals surface area contributed by atoms with E-state index >= 15 is 0 Å². The smallest absolute Gasteiger partial charge is 0.269 e. The molecule has 1 aromatic heterocycles. The van der Waals surface area contributed by atoms with Crippen molar-refractivity contribution in [2.45, 2.75) is 25.7 Å². The molecule has 0 aliphatic heterocycles. The van der Waals surface area contributed by atoms with Crippen molar-refractivity contribution in [1.29, 1.82) is 0 Å². The molecule has 2 atom stereocenters. The van der Waals surface area contributed by atoms with E-state index in [1.54, 1.807) is 12.1 Å². The minimum Gasteiger partial charge on any atom is -0.368 e. The van der Waals surface area contributed by atoms with Crippen LogP contribution in [0.5, 0.6) is 0 Å². The van der Waals surface area contributed by atoms with Gasteiger partial charge in [0.25, 0.3) is 5.91 Å². The highest BCUT2D eigenvalue weighted by Crippen LogP contribution is 2.29. The van der Waals surface area contributed by atoms with Gasteiger partial charge in [0.1, 0.15) is 5.82 Å². The molecule has 1 fully saturated rings. The van der Waals surface area contributed by atoms with Gasteiger partial charge < -0.3 is 16.8 Å². The summed E-state index contributed by atoms with van der Waals surface area (Å²) in [4.78, 5) is 10.9. The topological polar surface area (TPSA) is 107 Å². The van der Waals surface area contributed by atoms with Crippen molar-refractivity contribution in [3.8, 4) is 0 Å². The summed E-state index contributed by atoms with van der Waals surface area (Å²) in [7, 11) is 0. The van der Waals surface area contributed by atoms with Crippen LogP contribution in [0.3, 0.4) is 0 Å². The van der Waals surface area contributed by atoms with Gasteiger partial charge in [0.15, 0.2) is 5.69 Å². The van der Waals surface area contributed by atoms with Crippen LogP contribution in [0.1, 0.15) is 36.2 Å². The summed E-state index contributed by atoms with van der Waals surface area (Å²) in [5.41, 5.74) is 11.1. The van der Waals surface area contributed by atoms with Crippen molar-refractivity contribution in [2.75, 3.05) is 18.4 Å². The van der Waals surface area contributed by atoms with E-state index < -0.39 is 5.91 Å². The van der Waals surface area contributed by atoms with E-state index in [9.17, 15) is 4.79 Å². The summed E-state index contributed by atoms with van der Waals surface area (Å²) < 4.78 is 0. The Morgan fingerprint density at radius 2 is 2.00 bits per heavy atom. The number of anilines is 1. The predicted molar refractivity (Wildman–Crippen MR) is 73.5 cm³/mol. The van der Waals surface area contributed by atoms with Crippen LogP contribution in [-0.2, 0) is 0 Å². The molecule has 0 aromatic carbocycles. The van der Waals surface area contributed by atoms with Gasteiger partial charge in [-0.25, -0.2) is 0 Å². The molecule has 0 bridgehead atoms. The Kier molecular flexibility index (Phi) is 4.68. The van der Waals surface area contributed by atoms with Crippen LogP contribution in [0.2, 0.25) is 0 Å². The van der Waals surface area contributed by atoms with Gasteiger partial charge in [0.05, 0.1) is 0 Å². The maximum absolute atomic E-state index is 10.9. The third-order valence-corrected chi connectivity index (χ3v) is 3.83. The summed E-state index contributed by atoms with van der Waals surface area (Å²) in [6, 6.07) is 3.31. The fourth-order valence-electron chi connectivity index (χ4n) is 2.66. The average molecular weight is 263 g/mol. The monoisotopic (exact) mass is 263 g/mol. The van der Waals surface area contributed by atoms with Gasteiger partial charge in [-0.15, -0.1) is 10.2 Å². The number of aromatic nitrogens is 2. The van der Waals surface area contributed by atoms with Gasteiger partial charge in [0, 0.05) is 6.54 Å². The Hall–Kier alpha value is -1.69. The minimum absolute atomic E-state index is 0.183. The number of hydrogen-bond acceptors (Lipinski definition) is 5. The van der Waals surface area contributed by atoms with E-state index in [-0.39, 0.29) is 5.69 Å². The normalized spacial score (nSPS) is 23.0. The van der Waals surface area contributed by atoms with Gasteiger partial charge in [-0.05, 0) is 43.4 Å². The first-order valence-electron chi connectivity index (χ1n) is 6.78. The van der Waals surface area contributed by atoms with Crippen molar-refractivity contribution >= 4 is 11.7 Å². The standard InChI is InChI=1S/C13H21N5O/c14-7-9-3-1-2-4-10(9)8-16-12-6-5-11(13(15)19)17-18-12/h5-6,9-10H,1-4,7-8,14H2,(H2,15,19)(H,16,18). The van der Waals surface area contributed by atoms with Gasteiger partial charge in [-0.2, -0.15) is 0 Å². The van der Waals surface area contributed by atoms with Crippen LogP contribution in [0, 0.1) is 11.8 Å². The second-order valence-electron chi connectivity index (χ2n) is 5.09. The summed E-state index contributed by atoms with van der Waals surface area (Å²) in [5.74, 6) is 1.30. The molecule has 0 saturated heterocycles. The fourth-order valence-corrected chi connectivity index (χ4v) is 2.66. The molecule has 6 nitrogen and oxygen atoms in total. The van der Waals surface area contributed by atoms with Crippen LogP contribution in [0.4, 0.5) is 5.82 Å². The lowest BCUT2D eigenvalue weighted by atomic mass is 9.79. The first kappa shape index (κ1) is 13.7. The third-order valence-electron chi connectivity index (χ3n) is 3.83. The van der Waals surface area contributed by atoms with E-state index in [2.05, 4.69) is 15.5 Å². The lowest BCUT2D eigenvalue weighted by Crippen LogP contribution is -2.31. The Morgan fingerprint density at radius 1 is 1.26 bits per heavy atom. The molecular weight excluding hydrogens is 242 g/mol. The van der Waals surface area contributed by atoms with Crippen molar-refractivity contribution in [1.82, 2.24) is 10.2 Å². The molecule has 2 unspecified atom stereocenters. The summed E-state index contributed by atoms with van der Waals surface area (Å²) in [6.07, 6.45) is 4.98. The molecule has 1 aliphatic rings. The number of hydrogen-bond donors (Lipinski definition) is 3. The number of rotatable bonds is 5. The quantitative estimate of drug-likeness (QED) is 0.726. The Balaban J connectivity index is 1.88. The van der Waals surface area contributed by atoms with Crippen molar-refractivity contribution in [3.63, 3.8) is 0 Å². The van der Waals surface area contributed by atoms with Gasteiger partial charge in [0.2, 0.25) is 0 Å².